The van der Waals surface area contributed by atoms with E-state index in [1.165, 1.54) is 0 Å². The van der Waals surface area contributed by atoms with E-state index >= 15 is 0 Å². The van der Waals surface area contributed by atoms with Crippen LogP contribution in [0, 0.1) is 0 Å². The molecule has 5 rings (SSSR count). The number of nitrogens with zero attached hydrogens (tertiary/aromatic N) is 4. The molecule has 2 aliphatic rings. The Balaban J connectivity index is 1.44. The van der Waals surface area contributed by atoms with Crippen LogP contribution in [0.4, 0.5) is 11.5 Å². The van der Waals surface area contributed by atoms with Gasteiger partial charge in [-0.05, 0) is 36.1 Å². The van der Waals surface area contributed by atoms with Crippen molar-refractivity contribution in [1.29, 1.82) is 0 Å². The van der Waals surface area contributed by atoms with Gasteiger partial charge in [-0.15, -0.1) is 0 Å². The molecule has 31 heavy (non-hydrogen) atoms. The zero-order valence-electron chi connectivity index (χ0n) is 17.1. The summed E-state index contributed by atoms with van der Waals surface area (Å²) < 4.78 is 0. The summed E-state index contributed by atoms with van der Waals surface area (Å²) in [6, 6.07) is 15.7. The lowest BCUT2D eigenvalue weighted by atomic mass is 10.1. The third-order valence-electron chi connectivity index (χ3n) is 5.62. The molecule has 0 unspecified atom stereocenters. The Bertz CT molecular complexity index is 1100. The second-order valence-corrected chi connectivity index (χ2v) is 7.94. The quantitative estimate of drug-likeness (QED) is 0.671. The number of pyridine rings is 2. The van der Waals surface area contributed by atoms with Gasteiger partial charge in [0.2, 0.25) is 5.91 Å². The molecule has 1 saturated carbocycles. The normalized spacial score (nSPS) is 15.2. The van der Waals surface area contributed by atoms with Gasteiger partial charge in [-0.2, -0.15) is 0 Å². The lowest BCUT2D eigenvalue weighted by molar-refractivity contribution is -0.117. The number of carbonyl (C=O) groups excluding carboxylic acids is 2. The van der Waals surface area contributed by atoms with Crippen molar-refractivity contribution < 1.29 is 9.59 Å². The van der Waals surface area contributed by atoms with E-state index in [4.69, 9.17) is 0 Å². The molecule has 0 atom stereocenters. The molecule has 0 bridgehead atoms. The van der Waals surface area contributed by atoms with Crippen LogP contribution in [0.5, 0.6) is 0 Å². The summed E-state index contributed by atoms with van der Waals surface area (Å²) >= 11 is 0. The Kier molecular flexibility index (Phi) is 5.08. The molecule has 0 saturated heterocycles. The van der Waals surface area contributed by atoms with E-state index in [-0.39, 0.29) is 24.4 Å². The highest BCUT2D eigenvalue weighted by molar-refractivity contribution is 6.04. The number of hydrogen-bond donors (Lipinski definition) is 1. The molecule has 1 fully saturated rings. The second-order valence-electron chi connectivity index (χ2n) is 7.94. The molecule has 3 heterocycles. The van der Waals surface area contributed by atoms with Crippen LogP contribution in [-0.2, 0) is 17.9 Å². The van der Waals surface area contributed by atoms with Gasteiger partial charge in [0.25, 0.3) is 5.91 Å². The summed E-state index contributed by atoms with van der Waals surface area (Å²) in [5.74, 6) is 0.508. The molecular formula is C24H23N5O2. The maximum atomic E-state index is 13.4. The van der Waals surface area contributed by atoms with Crippen LogP contribution in [-0.4, -0.2) is 39.3 Å². The smallest absolute Gasteiger partial charge is 0.256 e. The van der Waals surface area contributed by atoms with Crippen molar-refractivity contribution in [2.75, 3.05) is 16.8 Å². The van der Waals surface area contributed by atoms with Crippen molar-refractivity contribution >= 4 is 23.3 Å². The SMILES string of the molecule is O=C1CNc2ncc(C(=O)N(Cc3cccnc3)C3CC3)cc2N1Cc1ccccc1. The maximum Gasteiger partial charge on any atom is 0.256 e. The molecule has 1 aromatic carbocycles. The lowest BCUT2D eigenvalue weighted by Gasteiger charge is -2.30. The summed E-state index contributed by atoms with van der Waals surface area (Å²) in [5, 5.41) is 3.06. The molecule has 1 N–H and O–H groups in total. The number of benzene rings is 1. The number of fused-ring (bicyclic) bond motifs is 1. The summed E-state index contributed by atoms with van der Waals surface area (Å²) in [6.07, 6.45) is 7.13. The second kappa shape index (κ2) is 8.18. The average Bonchev–Trinajstić information content (AvgIpc) is 3.65. The minimum absolute atomic E-state index is 0.0443. The fourth-order valence-electron chi connectivity index (χ4n) is 3.85. The van der Waals surface area contributed by atoms with E-state index in [0.717, 1.165) is 24.0 Å². The molecule has 1 aliphatic heterocycles. The van der Waals surface area contributed by atoms with E-state index in [1.807, 2.05) is 47.4 Å². The third kappa shape index (κ3) is 4.12. The molecule has 1 aliphatic carbocycles. The molecule has 156 valence electrons. The maximum absolute atomic E-state index is 13.4. The Morgan fingerprint density at radius 1 is 1.10 bits per heavy atom. The lowest BCUT2D eigenvalue weighted by Crippen LogP contribution is -2.40. The highest BCUT2D eigenvalue weighted by Crippen LogP contribution is 2.33. The summed E-state index contributed by atoms with van der Waals surface area (Å²) in [4.78, 5) is 38.3. The number of carbonyl (C=O) groups is 2. The predicted molar refractivity (Wildman–Crippen MR) is 117 cm³/mol. The molecule has 0 radical (unpaired) electrons. The van der Waals surface area contributed by atoms with Crippen molar-refractivity contribution in [3.63, 3.8) is 0 Å². The standard InChI is InChI=1S/C24H23N5O2/c30-22-14-27-23-21(29(22)15-17-5-2-1-3-6-17)11-19(13-26-23)24(31)28(20-8-9-20)16-18-7-4-10-25-12-18/h1-7,10-13,20H,8-9,14-16H2,(H,26,27). The zero-order chi connectivity index (χ0) is 21.2. The van der Waals surface area contributed by atoms with Crippen LogP contribution in [0.2, 0.25) is 0 Å². The summed E-state index contributed by atoms with van der Waals surface area (Å²) in [6.45, 7) is 1.14. The highest BCUT2D eigenvalue weighted by Gasteiger charge is 2.34. The Morgan fingerprint density at radius 2 is 1.90 bits per heavy atom. The number of aromatic nitrogens is 2. The van der Waals surface area contributed by atoms with Crippen molar-refractivity contribution in [1.82, 2.24) is 14.9 Å². The average molecular weight is 413 g/mol. The fraction of sp³-hybridized carbons (Fsp3) is 0.250. The van der Waals surface area contributed by atoms with Gasteiger partial charge in [-0.3, -0.25) is 14.6 Å². The molecule has 7 nitrogen and oxygen atoms in total. The summed E-state index contributed by atoms with van der Waals surface area (Å²) in [5.41, 5.74) is 3.15. The number of anilines is 2. The van der Waals surface area contributed by atoms with Crippen LogP contribution in [0.15, 0.2) is 67.1 Å². The molecule has 2 amide bonds. The van der Waals surface area contributed by atoms with E-state index in [2.05, 4.69) is 15.3 Å². The first-order valence-corrected chi connectivity index (χ1v) is 10.5. The molecule has 0 spiro atoms. The van der Waals surface area contributed by atoms with Crippen molar-refractivity contribution in [2.45, 2.75) is 32.0 Å². The Morgan fingerprint density at radius 3 is 2.65 bits per heavy atom. The third-order valence-corrected chi connectivity index (χ3v) is 5.62. The van der Waals surface area contributed by atoms with Crippen LogP contribution >= 0.6 is 0 Å². The van der Waals surface area contributed by atoms with E-state index in [1.54, 1.807) is 29.6 Å². The van der Waals surface area contributed by atoms with Gasteiger partial charge >= 0.3 is 0 Å². The first-order valence-electron chi connectivity index (χ1n) is 10.5. The van der Waals surface area contributed by atoms with E-state index < -0.39 is 0 Å². The van der Waals surface area contributed by atoms with Crippen molar-refractivity contribution in [3.8, 4) is 0 Å². The number of nitrogens with one attached hydrogen (secondary N) is 1. The largest absolute Gasteiger partial charge is 0.359 e. The van der Waals surface area contributed by atoms with Crippen LogP contribution in [0.1, 0.15) is 34.3 Å². The highest BCUT2D eigenvalue weighted by atomic mass is 16.2. The topological polar surface area (TPSA) is 78.4 Å². The van der Waals surface area contributed by atoms with Gasteiger partial charge in [0.15, 0.2) is 5.82 Å². The summed E-state index contributed by atoms with van der Waals surface area (Å²) in [7, 11) is 0. The molecule has 7 heteroatoms. The number of hydrogen-bond acceptors (Lipinski definition) is 5. The monoisotopic (exact) mass is 413 g/mol. The molecule has 2 aromatic heterocycles. The molecular weight excluding hydrogens is 390 g/mol. The molecule has 3 aromatic rings. The first kappa shape index (κ1) is 19.2. The van der Waals surface area contributed by atoms with Gasteiger partial charge in [0.05, 0.1) is 24.3 Å². The minimum atomic E-state index is -0.0701. The zero-order valence-corrected chi connectivity index (χ0v) is 17.1. The van der Waals surface area contributed by atoms with Crippen molar-refractivity contribution in [3.05, 3.63) is 83.8 Å². The fourth-order valence-corrected chi connectivity index (χ4v) is 3.85. The van der Waals surface area contributed by atoms with E-state index in [9.17, 15) is 9.59 Å². The van der Waals surface area contributed by atoms with Crippen LogP contribution in [0.25, 0.3) is 0 Å². The minimum Gasteiger partial charge on any atom is -0.359 e. The first-order chi connectivity index (χ1) is 15.2. The van der Waals surface area contributed by atoms with Gasteiger partial charge in [-0.1, -0.05) is 36.4 Å². The van der Waals surface area contributed by atoms with Crippen LogP contribution in [0.3, 0.4) is 0 Å². The van der Waals surface area contributed by atoms with Gasteiger partial charge in [0.1, 0.15) is 0 Å². The van der Waals surface area contributed by atoms with Crippen molar-refractivity contribution in [2.24, 2.45) is 0 Å². The van der Waals surface area contributed by atoms with Crippen LogP contribution < -0.4 is 10.2 Å². The van der Waals surface area contributed by atoms with Gasteiger partial charge < -0.3 is 15.1 Å². The number of amides is 2. The van der Waals surface area contributed by atoms with Gasteiger partial charge in [0, 0.05) is 31.2 Å². The Hall–Kier alpha value is -3.74. The Labute approximate surface area is 180 Å². The van der Waals surface area contributed by atoms with Gasteiger partial charge in [-0.25, -0.2) is 4.98 Å². The predicted octanol–water partition coefficient (Wildman–Crippen LogP) is 3.24. The van der Waals surface area contributed by atoms with E-state index in [0.29, 0.717) is 30.2 Å². The number of rotatable bonds is 6.